The highest BCUT2D eigenvalue weighted by atomic mass is 79.9. The quantitative estimate of drug-likeness (QED) is 0.907. The van der Waals surface area contributed by atoms with E-state index in [9.17, 15) is 0 Å². The summed E-state index contributed by atoms with van der Waals surface area (Å²) in [5, 5.41) is 0.658. The molecule has 1 atom stereocenters. The van der Waals surface area contributed by atoms with Crippen molar-refractivity contribution < 1.29 is 0 Å². The maximum Gasteiger partial charge on any atom is 0.143 e. The van der Waals surface area contributed by atoms with Crippen LogP contribution in [0.4, 0.5) is 5.82 Å². The summed E-state index contributed by atoms with van der Waals surface area (Å²) in [6.07, 6.45) is 1.70. The minimum atomic E-state index is 0.562. The Kier molecular flexibility index (Phi) is 5.45. The van der Waals surface area contributed by atoms with Crippen LogP contribution in [0.3, 0.4) is 0 Å². The van der Waals surface area contributed by atoms with Gasteiger partial charge in [-0.05, 0) is 34.5 Å². The van der Waals surface area contributed by atoms with Gasteiger partial charge in [0.25, 0.3) is 0 Å². The molecule has 0 spiro atoms. The van der Waals surface area contributed by atoms with Crippen LogP contribution in [0.5, 0.6) is 0 Å². The molecular weight excluding hydrogens is 328 g/mol. The van der Waals surface area contributed by atoms with Crippen LogP contribution >= 0.6 is 27.5 Å². The van der Waals surface area contributed by atoms with Gasteiger partial charge >= 0.3 is 0 Å². The van der Waals surface area contributed by atoms with Crippen LogP contribution in [0, 0.1) is 5.92 Å². The third-order valence-corrected chi connectivity index (χ3v) is 4.22. The molecule has 2 N–H and O–H groups in total. The molecule has 0 amide bonds. The number of hydrogen-bond donors (Lipinski definition) is 1. The van der Waals surface area contributed by atoms with Crippen molar-refractivity contribution >= 4 is 33.3 Å². The Bertz CT molecular complexity index is 421. The summed E-state index contributed by atoms with van der Waals surface area (Å²) >= 11 is 9.45. The van der Waals surface area contributed by atoms with Crippen molar-refractivity contribution in [2.45, 2.75) is 6.92 Å². The van der Waals surface area contributed by atoms with E-state index < -0.39 is 0 Å². The largest absolute Gasteiger partial charge is 0.353 e. The van der Waals surface area contributed by atoms with E-state index >= 15 is 0 Å². The molecule has 6 heteroatoms. The van der Waals surface area contributed by atoms with Gasteiger partial charge in [0.05, 0.1) is 9.50 Å². The lowest BCUT2D eigenvalue weighted by Crippen LogP contribution is -2.48. The fraction of sp³-hybridized carbons (Fsp3) is 0.615. The van der Waals surface area contributed by atoms with E-state index in [4.69, 9.17) is 17.3 Å². The van der Waals surface area contributed by atoms with Crippen LogP contribution in [0.25, 0.3) is 0 Å². The number of nitrogens with two attached hydrogens (primary N) is 1. The van der Waals surface area contributed by atoms with Crippen LogP contribution in [0.15, 0.2) is 16.7 Å². The zero-order valence-corrected chi connectivity index (χ0v) is 13.5. The fourth-order valence-corrected chi connectivity index (χ4v) is 3.19. The number of nitrogens with zero attached hydrogens (tertiary/aromatic N) is 3. The predicted molar refractivity (Wildman–Crippen MR) is 83.8 cm³/mol. The van der Waals surface area contributed by atoms with Gasteiger partial charge in [-0.1, -0.05) is 18.5 Å². The SMILES string of the molecule is CC(CN)CN1CCN(c2ncc(Cl)cc2Br)CC1. The standard InChI is InChI=1S/C13H20BrClN4/c1-10(7-16)9-18-2-4-19(5-3-18)13-12(14)6-11(15)8-17-13/h6,8,10H,2-5,7,9,16H2,1H3. The van der Waals surface area contributed by atoms with Crippen molar-refractivity contribution in [3.05, 3.63) is 21.8 Å². The first kappa shape index (κ1) is 15.0. The number of pyridine rings is 1. The maximum absolute atomic E-state index is 5.92. The zero-order chi connectivity index (χ0) is 13.8. The Morgan fingerprint density at radius 3 is 2.68 bits per heavy atom. The fourth-order valence-electron chi connectivity index (χ4n) is 2.30. The average Bonchev–Trinajstić information content (AvgIpc) is 2.40. The molecule has 1 saturated heterocycles. The van der Waals surface area contributed by atoms with Crippen molar-refractivity contribution in [1.29, 1.82) is 0 Å². The molecule has 0 radical (unpaired) electrons. The molecule has 1 aromatic heterocycles. The Balaban J connectivity index is 1.92. The maximum atomic E-state index is 5.92. The summed E-state index contributed by atoms with van der Waals surface area (Å²) in [6.45, 7) is 8.13. The monoisotopic (exact) mass is 346 g/mol. The number of aromatic nitrogens is 1. The van der Waals surface area contributed by atoms with Crippen LogP contribution in [-0.2, 0) is 0 Å². The van der Waals surface area contributed by atoms with E-state index in [2.05, 4.69) is 37.6 Å². The van der Waals surface area contributed by atoms with E-state index in [-0.39, 0.29) is 0 Å². The first-order valence-corrected chi connectivity index (χ1v) is 7.75. The van der Waals surface area contributed by atoms with E-state index in [0.717, 1.165) is 49.6 Å². The first-order chi connectivity index (χ1) is 9.10. The molecule has 0 saturated carbocycles. The second-order valence-corrected chi connectivity index (χ2v) is 6.38. The lowest BCUT2D eigenvalue weighted by Gasteiger charge is -2.36. The van der Waals surface area contributed by atoms with Gasteiger partial charge < -0.3 is 10.6 Å². The van der Waals surface area contributed by atoms with Crippen molar-refractivity contribution in [2.75, 3.05) is 44.2 Å². The molecule has 106 valence electrons. The summed E-state index contributed by atoms with van der Waals surface area (Å²) in [6, 6.07) is 1.90. The van der Waals surface area contributed by atoms with Crippen molar-refractivity contribution in [2.24, 2.45) is 11.7 Å². The second-order valence-electron chi connectivity index (χ2n) is 5.09. The molecule has 2 rings (SSSR count). The van der Waals surface area contributed by atoms with Crippen LogP contribution < -0.4 is 10.6 Å². The zero-order valence-electron chi connectivity index (χ0n) is 11.1. The number of anilines is 1. The Labute approximate surface area is 128 Å². The van der Waals surface area contributed by atoms with Crippen molar-refractivity contribution in [1.82, 2.24) is 9.88 Å². The smallest absolute Gasteiger partial charge is 0.143 e. The molecule has 1 aromatic rings. The predicted octanol–water partition coefficient (Wildman–Crippen LogP) is 2.21. The van der Waals surface area contributed by atoms with Crippen molar-refractivity contribution in [3.8, 4) is 0 Å². The molecule has 1 aliphatic heterocycles. The van der Waals surface area contributed by atoms with E-state index in [1.807, 2.05) is 6.07 Å². The summed E-state index contributed by atoms with van der Waals surface area (Å²) in [7, 11) is 0. The summed E-state index contributed by atoms with van der Waals surface area (Å²) in [4.78, 5) is 9.18. The Hall–Kier alpha value is -0.360. The molecule has 0 aliphatic carbocycles. The third kappa shape index (κ3) is 4.05. The van der Waals surface area contributed by atoms with Crippen LogP contribution in [-0.4, -0.2) is 49.2 Å². The minimum Gasteiger partial charge on any atom is -0.353 e. The van der Waals surface area contributed by atoms with Gasteiger partial charge in [0.1, 0.15) is 5.82 Å². The lowest BCUT2D eigenvalue weighted by atomic mass is 10.1. The minimum absolute atomic E-state index is 0.562. The van der Waals surface area contributed by atoms with Crippen LogP contribution in [0.2, 0.25) is 5.02 Å². The van der Waals surface area contributed by atoms with E-state index in [1.54, 1.807) is 6.20 Å². The number of halogens is 2. The Morgan fingerprint density at radius 2 is 2.11 bits per heavy atom. The molecule has 2 heterocycles. The highest BCUT2D eigenvalue weighted by molar-refractivity contribution is 9.10. The molecule has 0 aromatic carbocycles. The number of hydrogen-bond acceptors (Lipinski definition) is 4. The highest BCUT2D eigenvalue weighted by Gasteiger charge is 2.20. The van der Waals surface area contributed by atoms with Crippen LogP contribution in [0.1, 0.15) is 6.92 Å². The molecular formula is C13H20BrClN4. The lowest BCUT2D eigenvalue weighted by molar-refractivity contribution is 0.226. The number of piperazine rings is 1. The molecule has 1 unspecified atom stereocenters. The van der Waals surface area contributed by atoms with E-state index in [1.165, 1.54) is 0 Å². The number of rotatable bonds is 4. The first-order valence-electron chi connectivity index (χ1n) is 6.58. The van der Waals surface area contributed by atoms with Gasteiger partial charge in [0, 0.05) is 38.9 Å². The molecule has 1 fully saturated rings. The van der Waals surface area contributed by atoms with Gasteiger partial charge in [0.15, 0.2) is 0 Å². The molecule has 1 aliphatic rings. The third-order valence-electron chi connectivity index (χ3n) is 3.43. The van der Waals surface area contributed by atoms with Crippen molar-refractivity contribution in [3.63, 3.8) is 0 Å². The molecule has 0 bridgehead atoms. The highest BCUT2D eigenvalue weighted by Crippen LogP contribution is 2.27. The summed E-state index contributed by atoms with van der Waals surface area (Å²) in [5.74, 6) is 1.54. The van der Waals surface area contributed by atoms with E-state index in [0.29, 0.717) is 10.9 Å². The van der Waals surface area contributed by atoms with Gasteiger partial charge in [-0.15, -0.1) is 0 Å². The average molecular weight is 348 g/mol. The second kappa shape index (κ2) is 6.88. The van der Waals surface area contributed by atoms with Gasteiger partial charge in [-0.25, -0.2) is 4.98 Å². The Morgan fingerprint density at radius 1 is 1.42 bits per heavy atom. The molecule has 4 nitrogen and oxygen atoms in total. The van der Waals surface area contributed by atoms with Gasteiger partial charge in [-0.3, -0.25) is 4.90 Å². The normalized spacial score (nSPS) is 18.6. The topological polar surface area (TPSA) is 45.4 Å². The summed E-state index contributed by atoms with van der Waals surface area (Å²) in [5.41, 5.74) is 5.68. The van der Waals surface area contributed by atoms with Gasteiger partial charge in [0.2, 0.25) is 0 Å². The summed E-state index contributed by atoms with van der Waals surface area (Å²) < 4.78 is 0.962. The molecule has 19 heavy (non-hydrogen) atoms. The van der Waals surface area contributed by atoms with Gasteiger partial charge in [-0.2, -0.15) is 0 Å².